The summed E-state index contributed by atoms with van der Waals surface area (Å²) in [5.74, 6) is -0.551. The van der Waals surface area contributed by atoms with E-state index in [0.29, 0.717) is 54.5 Å². The maximum atomic E-state index is 14.1. The number of aliphatic hydroxyl groups excluding tert-OH is 2. The first-order valence-electron chi connectivity index (χ1n) is 22.1. The molecule has 14 heteroatoms. The molecular weight excluding hydrogens is 807 g/mol. The summed E-state index contributed by atoms with van der Waals surface area (Å²) < 4.78 is 36.8. The Kier molecular flexibility index (Phi) is 16.9. The molecule has 1 saturated carbocycles. The summed E-state index contributed by atoms with van der Waals surface area (Å²) >= 11 is 0. The minimum Gasteiger partial charge on any atom is -0.497 e. The van der Waals surface area contributed by atoms with Crippen molar-refractivity contribution in [3.05, 3.63) is 102 Å². The zero-order valence-electron chi connectivity index (χ0n) is 37.0. The number of nitrogens with zero attached hydrogens (tertiary/aromatic N) is 2. The first kappa shape index (κ1) is 46.9. The summed E-state index contributed by atoms with van der Waals surface area (Å²) in [4.78, 5) is 35.5. The molecule has 6 atom stereocenters. The van der Waals surface area contributed by atoms with Crippen LogP contribution in [0.1, 0.15) is 82.3 Å². The number of benzene rings is 3. The van der Waals surface area contributed by atoms with E-state index in [-0.39, 0.29) is 63.0 Å². The van der Waals surface area contributed by atoms with Crippen LogP contribution in [0.5, 0.6) is 23.0 Å². The van der Waals surface area contributed by atoms with Crippen LogP contribution in [0.3, 0.4) is 0 Å². The van der Waals surface area contributed by atoms with Crippen LogP contribution in [0.15, 0.2) is 96.2 Å². The van der Waals surface area contributed by atoms with Gasteiger partial charge in [0.1, 0.15) is 35.6 Å². The second-order valence-corrected chi connectivity index (χ2v) is 16.0. The fraction of sp³-hybridized carbons (Fsp3) is 0.490. The summed E-state index contributed by atoms with van der Waals surface area (Å²) in [5, 5.41) is 27.5. The molecule has 1 aliphatic heterocycles. The Bertz CT molecular complexity index is 2060. The van der Waals surface area contributed by atoms with Crippen molar-refractivity contribution in [3.63, 3.8) is 0 Å². The van der Waals surface area contributed by atoms with Gasteiger partial charge in [-0.15, -0.1) is 6.58 Å². The highest BCUT2D eigenvalue weighted by atomic mass is 16.7. The van der Waals surface area contributed by atoms with E-state index in [9.17, 15) is 19.8 Å². The van der Waals surface area contributed by atoms with E-state index in [0.717, 1.165) is 42.4 Å². The van der Waals surface area contributed by atoms with E-state index in [4.69, 9.17) is 38.4 Å². The topological polar surface area (TPSA) is 167 Å². The molecule has 1 heterocycles. The van der Waals surface area contributed by atoms with Gasteiger partial charge in [-0.05, 0) is 92.3 Å². The number of methoxy groups -OCH3 is 2. The Morgan fingerprint density at radius 1 is 0.968 bits per heavy atom. The number of aliphatic hydroxyl groups is 2. The number of amides is 2. The number of oxime groups is 1. The molecule has 1 fully saturated rings. The lowest BCUT2D eigenvalue weighted by atomic mass is 9.55. The van der Waals surface area contributed by atoms with Gasteiger partial charge in [-0.3, -0.25) is 10.2 Å². The van der Waals surface area contributed by atoms with Gasteiger partial charge in [0.25, 0.3) is 0 Å². The summed E-state index contributed by atoms with van der Waals surface area (Å²) in [6.45, 7) is 8.81. The van der Waals surface area contributed by atoms with E-state index in [1.54, 1.807) is 55.3 Å². The maximum Gasteiger partial charge on any atom is 0.417 e. The van der Waals surface area contributed by atoms with Gasteiger partial charge in [0, 0.05) is 43.7 Å². The molecule has 14 nitrogen and oxygen atoms in total. The average molecular weight is 870 g/mol. The van der Waals surface area contributed by atoms with Crippen molar-refractivity contribution in [3.8, 4) is 23.0 Å². The first-order chi connectivity index (χ1) is 30.7. The molecule has 3 aliphatic rings. The zero-order valence-corrected chi connectivity index (χ0v) is 37.0. The van der Waals surface area contributed by atoms with E-state index in [1.165, 1.54) is 7.11 Å². The second-order valence-electron chi connectivity index (χ2n) is 16.0. The van der Waals surface area contributed by atoms with Crippen LogP contribution in [0.25, 0.3) is 0 Å². The monoisotopic (exact) mass is 869 g/mol. The molecule has 0 spiro atoms. The van der Waals surface area contributed by atoms with Gasteiger partial charge in [0.2, 0.25) is 5.79 Å². The summed E-state index contributed by atoms with van der Waals surface area (Å²) in [5.41, 5.74) is 3.72. The molecule has 2 aliphatic carbocycles. The third kappa shape index (κ3) is 10.8. The smallest absolute Gasteiger partial charge is 0.417 e. The van der Waals surface area contributed by atoms with Crippen molar-refractivity contribution >= 4 is 23.6 Å². The summed E-state index contributed by atoms with van der Waals surface area (Å²) in [6, 6.07) is 19.5. The van der Waals surface area contributed by atoms with Gasteiger partial charge in [-0.2, -0.15) is 0 Å². The number of nitrogens with one attached hydrogen (secondary N) is 1. The molecule has 6 unspecified atom stereocenters. The molecule has 2 amide bonds. The molecule has 0 bridgehead atoms. The number of carbonyl (C=O) groups is 2. The highest BCUT2D eigenvalue weighted by Crippen LogP contribution is 2.62. The molecule has 0 aromatic heterocycles. The maximum absolute atomic E-state index is 14.1. The lowest BCUT2D eigenvalue weighted by molar-refractivity contribution is -0.255. The van der Waals surface area contributed by atoms with E-state index in [1.807, 2.05) is 43.3 Å². The number of hydrogen-bond donors (Lipinski definition) is 3. The van der Waals surface area contributed by atoms with E-state index in [2.05, 4.69) is 18.0 Å². The molecule has 340 valence electrons. The average Bonchev–Trinajstić information content (AvgIpc) is 3.29. The Hall–Kier alpha value is -5.57. The fourth-order valence-corrected chi connectivity index (χ4v) is 9.44. The Balaban J connectivity index is 1.52. The quantitative estimate of drug-likeness (QED) is 0.0501. The van der Waals surface area contributed by atoms with Gasteiger partial charge < -0.3 is 43.5 Å². The van der Waals surface area contributed by atoms with Crippen LogP contribution in [0.4, 0.5) is 15.3 Å². The van der Waals surface area contributed by atoms with Crippen LogP contribution in [-0.4, -0.2) is 92.0 Å². The Morgan fingerprint density at radius 3 is 2.43 bits per heavy atom. The molecule has 6 rings (SSSR count). The number of hydrogen-bond acceptors (Lipinski definition) is 12. The van der Waals surface area contributed by atoms with Gasteiger partial charge in [-0.25, -0.2) is 9.59 Å². The third-order valence-electron chi connectivity index (χ3n) is 12.1. The minimum atomic E-state index is -1.45. The number of rotatable bonds is 22. The van der Waals surface area contributed by atoms with Crippen molar-refractivity contribution in [1.29, 1.82) is 0 Å². The number of unbranched alkanes of at least 4 members (excludes halogenated alkanes) is 2. The van der Waals surface area contributed by atoms with Crippen molar-refractivity contribution < 1.29 is 53.1 Å². The van der Waals surface area contributed by atoms with Gasteiger partial charge in [0.15, 0.2) is 0 Å². The van der Waals surface area contributed by atoms with Crippen LogP contribution in [-0.2, 0) is 20.9 Å². The summed E-state index contributed by atoms with van der Waals surface area (Å²) in [6.07, 6.45) is 7.94. The molecule has 3 N–H and O–H groups in total. The first-order valence-corrected chi connectivity index (χ1v) is 22.1. The molecule has 0 radical (unpaired) electrons. The van der Waals surface area contributed by atoms with Gasteiger partial charge in [-0.1, -0.05) is 67.4 Å². The third-order valence-corrected chi connectivity index (χ3v) is 12.1. The van der Waals surface area contributed by atoms with Crippen molar-refractivity contribution in [2.45, 2.75) is 89.6 Å². The Morgan fingerprint density at radius 2 is 1.73 bits per heavy atom. The van der Waals surface area contributed by atoms with Crippen LogP contribution in [0, 0.1) is 17.8 Å². The Labute approximate surface area is 370 Å². The predicted octanol–water partition coefficient (Wildman–Crippen LogP) is 9.02. The second kappa shape index (κ2) is 22.7. The predicted molar refractivity (Wildman–Crippen MR) is 239 cm³/mol. The highest BCUT2D eigenvalue weighted by Gasteiger charge is 2.65. The number of anilines is 1. The van der Waals surface area contributed by atoms with Crippen molar-refractivity contribution in [1.82, 2.24) is 4.90 Å². The molecule has 3 aromatic rings. The zero-order chi connectivity index (χ0) is 44.8. The minimum absolute atomic E-state index is 0.0117. The van der Waals surface area contributed by atoms with E-state index < -0.39 is 29.9 Å². The van der Waals surface area contributed by atoms with Crippen LogP contribution in [0.2, 0.25) is 0 Å². The molecule has 63 heavy (non-hydrogen) atoms. The normalized spacial score (nSPS) is 22.7. The molecule has 3 aromatic carbocycles. The fourth-order valence-electron chi connectivity index (χ4n) is 9.44. The summed E-state index contributed by atoms with van der Waals surface area (Å²) in [7, 11) is 3.05. The van der Waals surface area contributed by atoms with Gasteiger partial charge >= 0.3 is 12.2 Å². The van der Waals surface area contributed by atoms with Crippen LogP contribution < -0.4 is 24.3 Å². The standard InChI is InChI=1S/C49H63N3O11/c1-6-24-52(48(56)59-8-3)44-31-41(51-61-32-33-16-10-9-11-17-33)38-28-34(18-12-14-25-53)37(19-13-15-26-54)45-39-29-36(21-23-42(39)63-49(44,46(38)45)60-27-7-2)62-47(55)50-40-22-20-35(57-4)30-43(40)58-5/h7,9-11,16-17,20-23,28-30,34,37,44-46,53-54H,2,6,8,12-15,18-19,24-27,31-32H2,1,3-5H3,(H,50,55). The molecular formula is C49H63N3O11. The van der Waals surface area contributed by atoms with Crippen molar-refractivity contribution in [2.24, 2.45) is 22.9 Å². The largest absolute Gasteiger partial charge is 0.497 e. The van der Waals surface area contributed by atoms with E-state index >= 15 is 0 Å². The number of fused-ring (bicyclic) bond motifs is 2. The SMILES string of the molecule is C=CCOC12Oc3ccc(OC(=O)Nc4ccc(OC)cc4OC)cc3C3C(CCCCO)C(CCCCO)C=C(C(=NOCc4ccccc4)CC1N(CCC)C(=O)OCC)C32. The molecule has 0 saturated heterocycles. The number of ether oxygens (including phenoxy) is 6. The van der Waals surface area contributed by atoms with Gasteiger partial charge in [0.05, 0.1) is 44.8 Å². The lowest BCUT2D eigenvalue weighted by Gasteiger charge is -2.59. The lowest BCUT2D eigenvalue weighted by Crippen LogP contribution is -2.70. The van der Waals surface area contributed by atoms with Crippen LogP contribution >= 0.6 is 0 Å². The number of carbonyl (C=O) groups excluding carboxylic acids is 2. The highest BCUT2D eigenvalue weighted by molar-refractivity contribution is 6.03. The number of allylic oxidation sites excluding steroid dienone is 1. The van der Waals surface area contributed by atoms with Crippen molar-refractivity contribution in [2.75, 3.05) is 52.5 Å².